The van der Waals surface area contributed by atoms with Crippen LogP contribution in [0.1, 0.15) is 5.56 Å². The van der Waals surface area contributed by atoms with E-state index in [1.807, 2.05) is 0 Å². The Morgan fingerprint density at radius 2 is 1.89 bits per heavy atom. The summed E-state index contributed by atoms with van der Waals surface area (Å²) < 4.78 is 5.44. The maximum absolute atomic E-state index is 10.5. The van der Waals surface area contributed by atoms with Crippen LogP contribution >= 0.6 is 0 Å². The Hall–Kier alpha value is -2.56. The van der Waals surface area contributed by atoms with Gasteiger partial charge in [-0.25, -0.2) is 0 Å². The summed E-state index contributed by atoms with van der Waals surface area (Å²) >= 11 is 0. The minimum atomic E-state index is -0.445. The number of hydrogen-bond donors (Lipinski definition) is 1. The molecule has 0 atom stereocenters. The molecule has 0 aliphatic rings. The van der Waals surface area contributed by atoms with Gasteiger partial charge in [-0.3, -0.25) is 10.1 Å². The van der Waals surface area contributed by atoms with Gasteiger partial charge in [-0.1, -0.05) is 6.07 Å². The fourth-order valence-electron chi connectivity index (χ4n) is 1.45. The van der Waals surface area contributed by atoms with Crippen LogP contribution in [0.15, 0.2) is 48.5 Å². The number of benzene rings is 2. The number of ether oxygens (including phenoxy) is 1. The van der Waals surface area contributed by atoms with Gasteiger partial charge in [-0.15, -0.1) is 0 Å². The normalized spacial score (nSPS) is 10.0. The van der Waals surface area contributed by atoms with E-state index in [1.165, 1.54) is 18.2 Å². The molecule has 0 saturated carbocycles. The molecule has 0 bridgehead atoms. The van der Waals surface area contributed by atoms with Gasteiger partial charge in [0.25, 0.3) is 5.69 Å². The fourth-order valence-corrected chi connectivity index (χ4v) is 1.45. The first kappa shape index (κ1) is 11.9. The molecule has 2 rings (SSSR count). The average molecular weight is 245 g/mol. The van der Waals surface area contributed by atoms with Crippen molar-refractivity contribution in [2.75, 3.05) is 0 Å². The summed E-state index contributed by atoms with van der Waals surface area (Å²) in [5.41, 5.74) is 0.875. The molecule has 5 heteroatoms. The highest BCUT2D eigenvalue weighted by Gasteiger charge is 2.04. The third-order valence-corrected chi connectivity index (χ3v) is 2.37. The highest BCUT2D eigenvalue weighted by Crippen LogP contribution is 2.19. The van der Waals surface area contributed by atoms with Crippen LogP contribution in [0.25, 0.3) is 0 Å². The van der Waals surface area contributed by atoms with Crippen molar-refractivity contribution in [3.05, 3.63) is 64.2 Å². The van der Waals surface area contributed by atoms with Crippen molar-refractivity contribution in [1.29, 1.82) is 0 Å². The number of non-ortho nitro benzene ring substituents is 1. The van der Waals surface area contributed by atoms with E-state index in [0.717, 1.165) is 5.56 Å². The zero-order chi connectivity index (χ0) is 13.0. The summed E-state index contributed by atoms with van der Waals surface area (Å²) in [5, 5.41) is 19.7. The van der Waals surface area contributed by atoms with Gasteiger partial charge >= 0.3 is 0 Å². The summed E-state index contributed by atoms with van der Waals surface area (Å²) in [4.78, 5) is 10.0. The number of rotatable bonds is 4. The average Bonchev–Trinajstić information content (AvgIpc) is 2.37. The van der Waals surface area contributed by atoms with Crippen molar-refractivity contribution in [3.8, 4) is 11.5 Å². The second-order valence-corrected chi connectivity index (χ2v) is 3.71. The van der Waals surface area contributed by atoms with E-state index >= 15 is 0 Å². The molecule has 0 fully saturated rings. The Bertz CT molecular complexity index is 551. The van der Waals surface area contributed by atoms with Gasteiger partial charge in [0, 0.05) is 18.2 Å². The molecule has 0 aliphatic heterocycles. The molecular weight excluding hydrogens is 234 g/mol. The summed E-state index contributed by atoms with van der Waals surface area (Å²) in [6.45, 7) is 0.293. The van der Waals surface area contributed by atoms with Crippen molar-refractivity contribution >= 4 is 5.69 Å². The Balaban J connectivity index is 2.00. The summed E-state index contributed by atoms with van der Waals surface area (Å²) in [5.74, 6) is 0.685. The van der Waals surface area contributed by atoms with Gasteiger partial charge in [0.05, 0.1) is 4.92 Å². The minimum Gasteiger partial charge on any atom is -0.508 e. The molecule has 2 aromatic carbocycles. The third-order valence-electron chi connectivity index (χ3n) is 2.37. The van der Waals surface area contributed by atoms with Crippen molar-refractivity contribution in [1.82, 2.24) is 0 Å². The fraction of sp³-hybridized carbons (Fsp3) is 0.0769. The van der Waals surface area contributed by atoms with Gasteiger partial charge in [-0.05, 0) is 29.8 Å². The number of phenols is 1. The standard InChI is InChI=1S/C13H11NO4/c15-12-2-1-3-13(8-12)18-9-10-4-6-11(7-5-10)14(16)17/h1-8,15H,9H2. The molecule has 18 heavy (non-hydrogen) atoms. The molecule has 0 saturated heterocycles. The molecule has 0 amide bonds. The van der Waals surface area contributed by atoms with Crippen LogP contribution in [0.2, 0.25) is 0 Å². The first-order valence-electron chi connectivity index (χ1n) is 5.30. The smallest absolute Gasteiger partial charge is 0.269 e. The maximum Gasteiger partial charge on any atom is 0.269 e. The predicted octanol–water partition coefficient (Wildman–Crippen LogP) is 2.88. The van der Waals surface area contributed by atoms with Crippen LogP contribution < -0.4 is 4.74 Å². The molecule has 0 radical (unpaired) electrons. The molecular formula is C13H11NO4. The molecule has 0 aliphatic carbocycles. The van der Waals surface area contributed by atoms with Crippen LogP contribution in [-0.2, 0) is 6.61 Å². The molecule has 2 aromatic rings. The maximum atomic E-state index is 10.5. The predicted molar refractivity (Wildman–Crippen MR) is 65.5 cm³/mol. The Kier molecular flexibility index (Phi) is 3.43. The van der Waals surface area contributed by atoms with Crippen molar-refractivity contribution < 1.29 is 14.8 Å². The number of nitrogens with zero attached hydrogens (tertiary/aromatic N) is 1. The van der Waals surface area contributed by atoms with E-state index in [1.54, 1.807) is 30.3 Å². The molecule has 1 N–H and O–H groups in total. The topological polar surface area (TPSA) is 72.6 Å². The second kappa shape index (κ2) is 5.18. The van der Waals surface area contributed by atoms with Crippen molar-refractivity contribution in [3.63, 3.8) is 0 Å². The van der Waals surface area contributed by atoms with E-state index in [2.05, 4.69) is 0 Å². The first-order valence-corrected chi connectivity index (χ1v) is 5.30. The Labute approximate surface area is 103 Å². The SMILES string of the molecule is O=[N+]([O-])c1ccc(COc2cccc(O)c2)cc1. The lowest BCUT2D eigenvalue weighted by Gasteiger charge is -2.06. The second-order valence-electron chi connectivity index (χ2n) is 3.71. The highest BCUT2D eigenvalue weighted by molar-refractivity contribution is 5.34. The van der Waals surface area contributed by atoms with Gasteiger partial charge in [0.15, 0.2) is 0 Å². The monoisotopic (exact) mass is 245 g/mol. The van der Waals surface area contributed by atoms with Crippen LogP contribution in [-0.4, -0.2) is 10.0 Å². The summed E-state index contributed by atoms with van der Waals surface area (Å²) in [7, 11) is 0. The number of aromatic hydroxyl groups is 1. The van der Waals surface area contributed by atoms with Crippen LogP contribution in [0, 0.1) is 10.1 Å². The molecule has 0 heterocycles. The van der Waals surface area contributed by atoms with E-state index in [-0.39, 0.29) is 11.4 Å². The lowest BCUT2D eigenvalue weighted by molar-refractivity contribution is -0.384. The quantitative estimate of drug-likeness (QED) is 0.664. The molecule has 0 unspecified atom stereocenters. The third kappa shape index (κ3) is 2.98. The van der Waals surface area contributed by atoms with Crippen LogP contribution in [0.5, 0.6) is 11.5 Å². The molecule has 5 nitrogen and oxygen atoms in total. The van der Waals surface area contributed by atoms with Crippen molar-refractivity contribution in [2.45, 2.75) is 6.61 Å². The zero-order valence-electron chi connectivity index (χ0n) is 9.45. The van der Waals surface area contributed by atoms with Gasteiger partial charge < -0.3 is 9.84 Å². The van der Waals surface area contributed by atoms with Gasteiger partial charge in [0.1, 0.15) is 18.1 Å². The van der Waals surface area contributed by atoms with E-state index in [0.29, 0.717) is 12.4 Å². The number of hydrogen-bond acceptors (Lipinski definition) is 4. The van der Waals surface area contributed by atoms with Crippen LogP contribution in [0.3, 0.4) is 0 Å². The number of phenolic OH excluding ortho intramolecular Hbond substituents is 1. The first-order chi connectivity index (χ1) is 8.65. The summed E-state index contributed by atoms with van der Waals surface area (Å²) in [6.07, 6.45) is 0. The van der Waals surface area contributed by atoms with E-state index in [4.69, 9.17) is 4.74 Å². The minimum absolute atomic E-state index is 0.0519. The molecule has 0 aromatic heterocycles. The number of nitro benzene ring substituents is 1. The summed E-state index contributed by atoms with van der Waals surface area (Å²) in [6, 6.07) is 12.6. The Morgan fingerprint density at radius 1 is 1.17 bits per heavy atom. The lowest BCUT2D eigenvalue weighted by atomic mass is 10.2. The highest BCUT2D eigenvalue weighted by atomic mass is 16.6. The zero-order valence-corrected chi connectivity index (χ0v) is 9.45. The number of nitro groups is 1. The lowest BCUT2D eigenvalue weighted by Crippen LogP contribution is -1.95. The van der Waals surface area contributed by atoms with Gasteiger partial charge in [-0.2, -0.15) is 0 Å². The van der Waals surface area contributed by atoms with E-state index < -0.39 is 4.92 Å². The van der Waals surface area contributed by atoms with E-state index in [9.17, 15) is 15.2 Å². The van der Waals surface area contributed by atoms with Crippen LogP contribution in [0.4, 0.5) is 5.69 Å². The van der Waals surface area contributed by atoms with Gasteiger partial charge in [0.2, 0.25) is 0 Å². The largest absolute Gasteiger partial charge is 0.508 e. The molecule has 92 valence electrons. The molecule has 0 spiro atoms. The van der Waals surface area contributed by atoms with Crippen molar-refractivity contribution in [2.24, 2.45) is 0 Å². The Morgan fingerprint density at radius 3 is 2.50 bits per heavy atom.